The van der Waals surface area contributed by atoms with E-state index in [1.165, 1.54) is 6.07 Å². The van der Waals surface area contributed by atoms with Crippen LogP contribution in [0.1, 0.15) is 32.3 Å². The van der Waals surface area contributed by atoms with Gasteiger partial charge in [0.1, 0.15) is 5.82 Å². The first-order valence-corrected chi connectivity index (χ1v) is 7.28. The smallest absolute Gasteiger partial charge is 0.127 e. The molecule has 1 atom stereocenters. The molecule has 1 rings (SSSR count). The highest BCUT2D eigenvalue weighted by atomic mass is 79.9. The van der Waals surface area contributed by atoms with E-state index < -0.39 is 0 Å². The Bertz CT molecular complexity index is 337. The summed E-state index contributed by atoms with van der Waals surface area (Å²) < 4.78 is 14.3. The van der Waals surface area contributed by atoms with Crippen molar-refractivity contribution < 1.29 is 4.39 Å². The van der Waals surface area contributed by atoms with E-state index in [9.17, 15) is 4.39 Å². The summed E-state index contributed by atoms with van der Waals surface area (Å²) in [6, 6.07) is 5.28. The van der Waals surface area contributed by atoms with Crippen LogP contribution in [0.5, 0.6) is 0 Å². The van der Waals surface area contributed by atoms with Crippen molar-refractivity contribution in [2.24, 2.45) is 5.92 Å². The molecule has 90 valence electrons. The molecule has 0 radical (unpaired) electrons. The van der Waals surface area contributed by atoms with Crippen LogP contribution in [0.2, 0.25) is 0 Å². The lowest BCUT2D eigenvalue weighted by atomic mass is 10.0. The molecule has 0 fully saturated rings. The maximum atomic E-state index is 13.5. The molecule has 1 aromatic carbocycles. The van der Waals surface area contributed by atoms with Crippen LogP contribution in [0.15, 0.2) is 22.7 Å². The molecular formula is C13H17Br2F. The molecule has 0 bridgehead atoms. The van der Waals surface area contributed by atoms with Gasteiger partial charge in [-0.2, -0.15) is 0 Å². The van der Waals surface area contributed by atoms with Crippen molar-refractivity contribution in [3.05, 3.63) is 34.1 Å². The van der Waals surface area contributed by atoms with Gasteiger partial charge in [0.2, 0.25) is 0 Å². The quantitative estimate of drug-likeness (QED) is 0.629. The Kier molecular flexibility index (Phi) is 5.98. The molecule has 3 heteroatoms. The molecule has 0 saturated heterocycles. The maximum Gasteiger partial charge on any atom is 0.127 e. The summed E-state index contributed by atoms with van der Waals surface area (Å²) in [5.74, 6) is 0.567. The average Bonchev–Trinajstić information content (AvgIpc) is 2.15. The molecule has 0 spiro atoms. The lowest BCUT2D eigenvalue weighted by Crippen LogP contribution is -2.05. The Hall–Kier alpha value is 0.110. The second kappa shape index (κ2) is 6.75. The number of hydrogen-bond acceptors (Lipinski definition) is 0. The van der Waals surface area contributed by atoms with Crippen molar-refractivity contribution in [3.63, 3.8) is 0 Å². The van der Waals surface area contributed by atoms with Gasteiger partial charge in [0.05, 0.1) is 0 Å². The highest BCUT2D eigenvalue weighted by Crippen LogP contribution is 2.21. The van der Waals surface area contributed by atoms with Crippen molar-refractivity contribution in [3.8, 4) is 0 Å². The van der Waals surface area contributed by atoms with Crippen LogP contribution >= 0.6 is 31.9 Å². The SMILES string of the molecule is CC(C)CC(Br)CCc1ccc(Br)cc1F. The number of rotatable bonds is 5. The minimum Gasteiger partial charge on any atom is -0.207 e. The second-order valence-electron chi connectivity index (χ2n) is 4.50. The highest BCUT2D eigenvalue weighted by molar-refractivity contribution is 9.10. The molecule has 0 amide bonds. The fourth-order valence-corrected chi connectivity index (χ4v) is 2.98. The predicted molar refractivity (Wildman–Crippen MR) is 74.6 cm³/mol. The molecule has 0 aliphatic rings. The number of halogens is 3. The summed E-state index contributed by atoms with van der Waals surface area (Å²) in [7, 11) is 0. The van der Waals surface area contributed by atoms with Crippen LogP contribution in [0.25, 0.3) is 0 Å². The standard InChI is InChI=1S/C13H17Br2F/c1-9(2)7-11(14)5-3-10-4-6-12(15)8-13(10)16/h4,6,8-9,11H,3,5,7H2,1-2H3. The van der Waals surface area contributed by atoms with Crippen molar-refractivity contribution in [2.45, 2.75) is 37.9 Å². The summed E-state index contributed by atoms with van der Waals surface area (Å²) >= 11 is 6.90. The molecular weight excluding hydrogens is 335 g/mol. The van der Waals surface area contributed by atoms with Gasteiger partial charge in [0.25, 0.3) is 0 Å². The molecule has 0 saturated carbocycles. The van der Waals surface area contributed by atoms with Gasteiger partial charge in [0, 0.05) is 9.30 Å². The minimum atomic E-state index is -0.112. The number of benzene rings is 1. The zero-order valence-corrected chi connectivity index (χ0v) is 12.8. The lowest BCUT2D eigenvalue weighted by Gasteiger charge is -2.12. The average molecular weight is 352 g/mol. The van der Waals surface area contributed by atoms with Gasteiger partial charge in [-0.25, -0.2) is 4.39 Å². The molecule has 0 aliphatic carbocycles. The minimum absolute atomic E-state index is 0.112. The monoisotopic (exact) mass is 350 g/mol. The van der Waals surface area contributed by atoms with Crippen LogP contribution in [0, 0.1) is 11.7 Å². The van der Waals surface area contributed by atoms with E-state index in [1.54, 1.807) is 0 Å². The number of aryl methyl sites for hydroxylation is 1. The topological polar surface area (TPSA) is 0 Å². The van der Waals surface area contributed by atoms with E-state index in [4.69, 9.17) is 0 Å². The van der Waals surface area contributed by atoms with Crippen LogP contribution in [0.4, 0.5) is 4.39 Å². The number of hydrogen-bond donors (Lipinski definition) is 0. The van der Waals surface area contributed by atoms with E-state index in [1.807, 2.05) is 12.1 Å². The molecule has 1 aromatic rings. The zero-order valence-electron chi connectivity index (χ0n) is 9.64. The summed E-state index contributed by atoms with van der Waals surface area (Å²) in [4.78, 5) is 0.482. The number of alkyl halides is 1. The molecule has 0 aromatic heterocycles. The molecule has 1 unspecified atom stereocenters. The molecule has 16 heavy (non-hydrogen) atoms. The van der Waals surface area contributed by atoms with Crippen molar-refractivity contribution in [1.29, 1.82) is 0 Å². The molecule has 0 N–H and O–H groups in total. The van der Waals surface area contributed by atoms with Gasteiger partial charge >= 0.3 is 0 Å². The van der Waals surface area contributed by atoms with Gasteiger partial charge in [-0.1, -0.05) is 51.8 Å². The predicted octanol–water partition coefficient (Wildman–Crippen LogP) is 5.33. The van der Waals surface area contributed by atoms with Crippen LogP contribution in [0.3, 0.4) is 0 Å². The van der Waals surface area contributed by atoms with Crippen molar-refractivity contribution in [2.75, 3.05) is 0 Å². The van der Waals surface area contributed by atoms with E-state index in [0.717, 1.165) is 29.3 Å². The Labute approximate surface area is 114 Å². The molecule has 0 aliphatic heterocycles. The fourth-order valence-electron chi connectivity index (χ4n) is 1.67. The first-order chi connectivity index (χ1) is 7.49. The molecule has 0 nitrogen and oxygen atoms in total. The van der Waals surface area contributed by atoms with Crippen LogP contribution in [-0.4, -0.2) is 4.83 Å². The summed E-state index contributed by atoms with van der Waals surface area (Å²) in [6.45, 7) is 4.41. The zero-order chi connectivity index (χ0) is 12.1. The highest BCUT2D eigenvalue weighted by Gasteiger charge is 2.09. The molecule has 0 heterocycles. The summed E-state index contributed by atoms with van der Waals surface area (Å²) in [5.41, 5.74) is 0.802. The first-order valence-electron chi connectivity index (χ1n) is 5.57. The maximum absolute atomic E-state index is 13.5. The van der Waals surface area contributed by atoms with Gasteiger partial charge < -0.3 is 0 Å². The van der Waals surface area contributed by atoms with E-state index >= 15 is 0 Å². The van der Waals surface area contributed by atoms with E-state index in [0.29, 0.717) is 10.7 Å². The third-order valence-electron chi connectivity index (χ3n) is 2.47. The Morgan fingerprint density at radius 1 is 1.31 bits per heavy atom. The van der Waals surface area contributed by atoms with Crippen LogP contribution < -0.4 is 0 Å². The third-order valence-corrected chi connectivity index (χ3v) is 3.79. The Balaban J connectivity index is 2.48. The Morgan fingerprint density at radius 2 is 2.00 bits per heavy atom. The Morgan fingerprint density at radius 3 is 2.56 bits per heavy atom. The van der Waals surface area contributed by atoms with Crippen molar-refractivity contribution in [1.82, 2.24) is 0 Å². The van der Waals surface area contributed by atoms with Gasteiger partial charge in [-0.3, -0.25) is 0 Å². The third kappa shape index (κ3) is 4.96. The lowest BCUT2D eigenvalue weighted by molar-refractivity contribution is 0.546. The largest absolute Gasteiger partial charge is 0.207 e. The van der Waals surface area contributed by atoms with Gasteiger partial charge in [-0.15, -0.1) is 0 Å². The van der Waals surface area contributed by atoms with Gasteiger partial charge in [-0.05, 0) is 42.9 Å². The van der Waals surface area contributed by atoms with E-state index in [-0.39, 0.29) is 5.82 Å². The normalized spacial score (nSPS) is 13.1. The first kappa shape index (κ1) is 14.2. The van der Waals surface area contributed by atoms with Crippen LogP contribution in [-0.2, 0) is 6.42 Å². The fraction of sp³-hybridized carbons (Fsp3) is 0.538. The summed E-state index contributed by atoms with van der Waals surface area (Å²) in [6.07, 6.45) is 2.91. The van der Waals surface area contributed by atoms with E-state index in [2.05, 4.69) is 45.7 Å². The second-order valence-corrected chi connectivity index (χ2v) is 6.71. The van der Waals surface area contributed by atoms with Crippen molar-refractivity contribution >= 4 is 31.9 Å². The van der Waals surface area contributed by atoms with Gasteiger partial charge in [0.15, 0.2) is 0 Å². The summed E-state index contributed by atoms with van der Waals surface area (Å²) in [5, 5.41) is 0.